The Morgan fingerprint density at radius 1 is 0.875 bits per heavy atom. The largest absolute Gasteiger partial charge is 0.303 e. The fourth-order valence-corrected chi connectivity index (χ4v) is 3.99. The SMILES string of the molecule is CCCCN1CCCC1.C[CH2][Al]([CH2]C)[CH2]C. The number of unbranched alkanes of at least 4 members (excludes halogenated alkanes) is 1. The maximum atomic E-state index is 2.57. The summed E-state index contributed by atoms with van der Waals surface area (Å²) in [6.07, 6.45) is 5.60. The van der Waals surface area contributed by atoms with Gasteiger partial charge < -0.3 is 4.90 Å². The Labute approximate surface area is 108 Å². The van der Waals surface area contributed by atoms with Crippen LogP contribution in [0.25, 0.3) is 0 Å². The monoisotopic (exact) mass is 241 g/mol. The zero-order valence-electron chi connectivity index (χ0n) is 12.1. The van der Waals surface area contributed by atoms with Crippen molar-refractivity contribution in [1.29, 1.82) is 0 Å². The molecule has 1 heterocycles. The molecule has 1 nitrogen and oxygen atoms in total. The van der Waals surface area contributed by atoms with Crippen molar-refractivity contribution in [3.8, 4) is 0 Å². The molecule has 16 heavy (non-hydrogen) atoms. The fraction of sp³-hybridized carbons (Fsp3) is 1.00. The van der Waals surface area contributed by atoms with Crippen molar-refractivity contribution in [2.24, 2.45) is 0 Å². The molecule has 1 rings (SSSR count). The highest BCUT2D eigenvalue weighted by molar-refractivity contribution is 6.58. The Bertz CT molecular complexity index is 123. The van der Waals surface area contributed by atoms with Gasteiger partial charge in [-0.15, -0.1) is 0 Å². The number of hydrogen-bond acceptors (Lipinski definition) is 1. The van der Waals surface area contributed by atoms with E-state index in [9.17, 15) is 0 Å². The highest BCUT2D eigenvalue weighted by Crippen LogP contribution is 2.07. The van der Waals surface area contributed by atoms with E-state index in [4.69, 9.17) is 0 Å². The van der Waals surface area contributed by atoms with E-state index in [-0.39, 0.29) is 14.1 Å². The molecule has 96 valence electrons. The molecule has 0 N–H and O–H groups in total. The first-order chi connectivity index (χ1) is 7.78. The number of hydrogen-bond donors (Lipinski definition) is 0. The Morgan fingerprint density at radius 2 is 1.38 bits per heavy atom. The van der Waals surface area contributed by atoms with Crippen LogP contribution >= 0.6 is 0 Å². The maximum Gasteiger partial charge on any atom is 0.261 e. The topological polar surface area (TPSA) is 3.24 Å². The number of likely N-dealkylation sites (tertiary alicyclic amines) is 1. The molecule has 1 aliphatic rings. The first-order valence-electron chi connectivity index (χ1n) is 7.50. The van der Waals surface area contributed by atoms with E-state index in [1.807, 2.05) is 0 Å². The molecule has 0 aromatic rings. The first kappa shape index (κ1) is 16.5. The van der Waals surface area contributed by atoms with Crippen LogP contribution < -0.4 is 0 Å². The quantitative estimate of drug-likeness (QED) is 0.622. The summed E-state index contributed by atoms with van der Waals surface area (Å²) >= 11 is -0.171. The van der Waals surface area contributed by atoms with Crippen molar-refractivity contribution < 1.29 is 0 Å². The van der Waals surface area contributed by atoms with Crippen LogP contribution in [0.2, 0.25) is 15.8 Å². The van der Waals surface area contributed by atoms with Crippen molar-refractivity contribution in [2.45, 2.75) is 69.2 Å². The zero-order valence-corrected chi connectivity index (χ0v) is 13.3. The van der Waals surface area contributed by atoms with Gasteiger partial charge in [0, 0.05) is 0 Å². The molecule has 0 spiro atoms. The Kier molecular flexibility index (Phi) is 12.3. The van der Waals surface area contributed by atoms with Crippen LogP contribution in [-0.2, 0) is 0 Å². The third-order valence-electron chi connectivity index (χ3n) is 3.76. The van der Waals surface area contributed by atoms with Crippen molar-refractivity contribution in [1.82, 2.24) is 4.90 Å². The van der Waals surface area contributed by atoms with Crippen molar-refractivity contribution in [3.63, 3.8) is 0 Å². The normalized spacial score (nSPS) is 15.8. The molecule has 0 aromatic heterocycles. The molecule has 2 heteroatoms. The molecule has 0 saturated carbocycles. The van der Waals surface area contributed by atoms with Gasteiger partial charge in [-0.3, -0.25) is 0 Å². The van der Waals surface area contributed by atoms with Crippen LogP contribution in [0.5, 0.6) is 0 Å². The van der Waals surface area contributed by atoms with Crippen LogP contribution in [0.15, 0.2) is 0 Å². The summed E-state index contributed by atoms with van der Waals surface area (Å²) in [5, 5.41) is 4.48. The van der Waals surface area contributed by atoms with E-state index in [0.717, 1.165) is 0 Å². The smallest absolute Gasteiger partial charge is 0.261 e. The maximum absolute atomic E-state index is 2.57. The van der Waals surface area contributed by atoms with Crippen molar-refractivity contribution in [2.75, 3.05) is 19.6 Å². The van der Waals surface area contributed by atoms with Gasteiger partial charge in [-0.2, -0.15) is 0 Å². The molecule has 1 saturated heterocycles. The minimum atomic E-state index is -0.171. The second-order valence-electron chi connectivity index (χ2n) is 4.99. The lowest BCUT2D eigenvalue weighted by atomic mass is 10.3. The summed E-state index contributed by atoms with van der Waals surface area (Å²) < 4.78 is 0. The van der Waals surface area contributed by atoms with Crippen LogP contribution in [0.4, 0.5) is 0 Å². The van der Waals surface area contributed by atoms with Crippen LogP contribution in [0.1, 0.15) is 53.4 Å². The zero-order chi connectivity index (χ0) is 12.2. The summed E-state index contributed by atoms with van der Waals surface area (Å²) in [7, 11) is 0. The molecular weight excluding hydrogens is 209 g/mol. The molecule has 0 amide bonds. The van der Waals surface area contributed by atoms with Gasteiger partial charge in [0.05, 0.1) is 0 Å². The minimum Gasteiger partial charge on any atom is -0.303 e. The molecular formula is C14H32AlN. The van der Waals surface area contributed by atoms with E-state index in [1.54, 1.807) is 0 Å². The fourth-order valence-electron chi connectivity index (χ4n) is 2.25. The van der Waals surface area contributed by atoms with Gasteiger partial charge in [-0.1, -0.05) is 50.0 Å². The third kappa shape index (κ3) is 8.62. The summed E-state index contributed by atoms with van der Waals surface area (Å²) in [6.45, 7) is 13.3. The van der Waals surface area contributed by atoms with E-state index in [2.05, 4.69) is 32.6 Å². The van der Waals surface area contributed by atoms with Crippen LogP contribution in [-0.4, -0.2) is 38.7 Å². The van der Waals surface area contributed by atoms with E-state index < -0.39 is 0 Å². The summed E-state index contributed by atoms with van der Waals surface area (Å²) in [5.74, 6) is 0. The van der Waals surface area contributed by atoms with E-state index >= 15 is 0 Å². The Balaban J connectivity index is 0.000000293. The molecule has 1 aliphatic heterocycles. The standard InChI is InChI=1S/C8H17N.3C2H5.Al/c1-2-3-6-9-7-4-5-8-9;3*1-2;/h2-8H2,1H3;3*1H2,2H3;. The van der Waals surface area contributed by atoms with Gasteiger partial charge in [0.15, 0.2) is 0 Å². The van der Waals surface area contributed by atoms with Gasteiger partial charge in [0.1, 0.15) is 0 Å². The van der Waals surface area contributed by atoms with Crippen LogP contribution in [0, 0.1) is 0 Å². The molecule has 0 bridgehead atoms. The summed E-state index contributed by atoms with van der Waals surface area (Å²) in [6, 6.07) is 0. The number of rotatable bonds is 6. The molecule has 0 aliphatic carbocycles. The predicted octanol–water partition coefficient (Wildman–Crippen LogP) is 4.42. The van der Waals surface area contributed by atoms with Gasteiger partial charge in [0.2, 0.25) is 0 Å². The second-order valence-corrected chi connectivity index (χ2v) is 9.17. The van der Waals surface area contributed by atoms with Crippen molar-refractivity contribution in [3.05, 3.63) is 0 Å². The first-order valence-corrected chi connectivity index (χ1v) is 9.95. The Hall–Kier alpha value is 0.492. The van der Waals surface area contributed by atoms with Gasteiger partial charge in [0.25, 0.3) is 14.1 Å². The van der Waals surface area contributed by atoms with Gasteiger partial charge >= 0.3 is 0 Å². The lowest BCUT2D eigenvalue weighted by Gasteiger charge is -2.12. The highest BCUT2D eigenvalue weighted by atomic mass is 27.2. The average Bonchev–Trinajstić information content (AvgIpc) is 2.82. The molecule has 1 fully saturated rings. The molecule has 0 radical (unpaired) electrons. The lowest BCUT2D eigenvalue weighted by Crippen LogP contribution is -2.19. The van der Waals surface area contributed by atoms with E-state index in [1.165, 1.54) is 61.2 Å². The average molecular weight is 241 g/mol. The summed E-state index contributed by atoms with van der Waals surface area (Å²) in [4.78, 5) is 2.57. The summed E-state index contributed by atoms with van der Waals surface area (Å²) in [5.41, 5.74) is 0. The lowest BCUT2D eigenvalue weighted by molar-refractivity contribution is 0.332. The minimum absolute atomic E-state index is 0.171. The Morgan fingerprint density at radius 3 is 1.69 bits per heavy atom. The van der Waals surface area contributed by atoms with Crippen molar-refractivity contribution >= 4 is 14.1 Å². The second kappa shape index (κ2) is 12.0. The van der Waals surface area contributed by atoms with E-state index in [0.29, 0.717) is 0 Å². The predicted molar refractivity (Wildman–Crippen MR) is 77.8 cm³/mol. The van der Waals surface area contributed by atoms with Crippen LogP contribution in [0.3, 0.4) is 0 Å². The van der Waals surface area contributed by atoms with Gasteiger partial charge in [-0.25, -0.2) is 0 Å². The number of nitrogens with zero attached hydrogens (tertiary/aromatic N) is 1. The molecule has 0 atom stereocenters. The molecule has 0 unspecified atom stereocenters. The highest BCUT2D eigenvalue weighted by Gasteiger charge is 2.09. The third-order valence-corrected chi connectivity index (χ3v) is 7.22. The molecule has 0 aromatic carbocycles. The van der Waals surface area contributed by atoms with Gasteiger partial charge in [-0.05, 0) is 38.9 Å².